The average Bonchev–Trinajstić information content (AvgIpc) is 2.69. The second-order valence-electron chi connectivity index (χ2n) is 3.83. The predicted molar refractivity (Wildman–Crippen MR) is 76.0 cm³/mol. The number of thioether (sulfide) groups is 1. The van der Waals surface area contributed by atoms with Gasteiger partial charge >= 0.3 is 0 Å². The van der Waals surface area contributed by atoms with Crippen molar-refractivity contribution < 1.29 is 4.74 Å². The minimum absolute atomic E-state index is 0.823. The lowest BCUT2D eigenvalue weighted by Gasteiger charge is -2.07. The van der Waals surface area contributed by atoms with Gasteiger partial charge in [0.2, 0.25) is 0 Å². The first-order chi connectivity index (χ1) is 8.61. The number of aryl methyl sites for hydroxylation is 1. The smallest absolute Gasteiger partial charge is 0.191 e. The van der Waals surface area contributed by atoms with Crippen molar-refractivity contribution >= 4 is 27.7 Å². The summed E-state index contributed by atoms with van der Waals surface area (Å²) in [4.78, 5) is 0. The molecule has 0 N–H and O–H groups in total. The van der Waals surface area contributed by atoms with E-state index in [0.29, 0.717) is 0 Å². The first-order valence-corrected chi connectivity index (χ1v) is 7.21. The molecule has 18 heavy (non-hydrogen) atoms. The number of hydrogen-bond acceptors (Lipinski definition) is 4. The van der Waals surface area contributed by atoms with Crippen LogP contribution in [0.3, 0.4) is 0 Å². The molecule has 0 aliphatic rings. The zero-order chi connectivity index (χ0) is 13.1. The van der Waals surface area contributed by atoms with Crippen LogP contribution in [0.5, 0.6) is 5.75 Å². The molecular weight excluding hydrogens is 314 g/mol. The summed E-state index contributed by atoms with van der Waals surface area (Å²) in [5.74, 6) is 2.61. The van der Waals surface area contributed by atoms with E-state index in [1.807, 2.05) is 36.7 Å². The molecule has 4 nitrogen and oxygen atoms in total. The van der Waals surface area contributed by atoms with E-state index in [-0.39, 0.29) is 0 Å². The quantitative estimate of drug-likeness (QED) is 0.808. The van der Waals surface area contributed by atoms with Gasteiger partial charge in [0.25, 0.3) is 0 Å². The SMILES string of the molecule is COc1ccc(Br)c(CSc2nnc(C)n2C)c1. The first-order valence-electron chi connectivity index (χ1n) is 5.43. The van der Waals surface area contributed by atoms with Gasteiger partial charge in [0.1, 0.15) is 11.6 Å². The fourth-order valence-electron chi connectivity index (χ4n) is 1.44. The Bertz CT molecular complexity index is 556. The van der Waals surface area contributed by atoms with E-state index in [2.05, 4.69) is 26.1 Å². The van der Waals surface area contributed by atoms with E-state index < -0.39 is 0 Å². The van der Waals surface area contributed by atoms with Crippen molar-refractivity contribution in [1.82, 2.24) is 14.8 Å². The third-order valence-electron chi connectivity index (χ3n) is 2.66. The Balaban J connectivity index is 2.12. The van der Waals surface area contributed by atoms with Crippen LogP contribution in [0, 0.1) is 6.92 Å². The molecule has 2 aromatic rings. The summed E-state index contributed by atoms with van der Waals surface area (Å²) in [5, 5.41) is 9.09. The first kappa shape index (κ1) is 13.4. The molecule has 0 amide bonds. The number of ether oxygens (including phenoxy) is 1. The zero-order valence-electron chi connectivity index (χ0n) is 10.5. The van der Waals surface area contributed by atoms with Gasteiger partial charge in [-0.3, -0.25) is 0 Å². The molecule has 0 bridgehead atoms. The van der Waals surface area contributed by atoms with Crippen LogP contribution in [0.4, 0.5) is 0 Å². The molecule has 0 fully saturated rings. The molecule has 0 spiro atoms. The van der Waals surface area contributed by atoms with Gasteiger partial charge in [-0.1, -0.05) is 27.7 Å². The Morgan fingerprint density at radius 3 is 2.78 bits per heavy atom. The van der Waals surface area contributed by atoms with Gasteiger partial charge in [-0.25, -0.2) is 0 Å². The van der Waals surface area contributed by atoms with Crippen molar-refractivity contribution in [2.75, 3.05) is 7.11 Å². The summed E-state index contributed by atoms with van der Waals surface area (Å²) in [6, 6.07) is 5.96. The van der Waals surface area contributed by atoms with E-state index in [9.17, 15) is 0 Å². The largest absolute Gasteiger partial charge is 0.497 e. The Morgan fingerprint density at radius 1 is 1.39 bits per heavy atom. The van der Waals surface area contributed by atoms with Crippen LogP contribution in [-0.4, -0.2) is 21.9 Å². The Hall–Kier alpha value is -1.01. The number of halogens is 1. The minimum Gasteiger partial charge on any atom is -0.497 e. The van der Waals surface area contributed by atoms with Crippen LogP contribution in [0.25, 0.3) is 0 Å². The van der Waals surface area contributed by atoms with Gasteiger partial charge in [-0.05, 0) is 30.7 Å². The fourth-order valence-corrected chi connectivity index (χ4v) is 2.96. The lowest BCUT2D eigenvalue weighted by molar-refractivity contribution is 0.414. The number of nitrogens with zero attached hydrogens (tertiary/aromatic N) is 3. The Kier molecular flexibility index (Phi) is 4.29. The summed E-state index contributed by atoms with van der Waals surface area (Å²) in [6.45, 7) is 1.94. The standard InChI is InChI=1S/C12H14BrN3OS/c1-8-14-15-12(16(8)2)18-7-9-6-10(17-3)4-5-11(9)13/h4-6H,7H2,1-3H3. The van der Waals surface area contributed by atoms with Gasteiger partial charge < -0.3 is 9.30 Å². The number of rotatable bonds is 4. The highest BCUT2D eigenvalue weighted by atomic mass is 79.9. The second kappa shape index (κ2) is 5.75. The van der Waals surface area contributed by atoms with Gasteiger partial charge in [0.15, 0.2) is 5.16 Å². The topological polar surface area (TPSA) is 39.9 Å². The molecule has 2 rings (SSSR count). The molecule has 1 aromatic carbocycles. The van der Waals surface area contributed by atoms with Gasteiger partial charge in [-0.15, -0.1) is 10.2 Å². The van der Waals surface area contributed by atoms with Crippen molar-refractivity contribution in [3.05, 3.63) is 34.1 Å². The lowest BCUT2D eigenvalue weighted by atomic mass is 10.2. The molecule has 0 atom stereocenters. The molecule has 1 aromatic heterocycles. The Morgan fingerprint density at radius 2 is 2.17 bits per heavy atom. The lowest BCUT2D eigenvalue weighted by Crippen LogP contribution is -1.94. The van der Waals surface area contributed by atoms with Gasteiger partial charge in [0, 0.05) is 17.3 Å². The van der Waals surface area contributed by atoms with Crippen LogP contribution in [0.1, 0.15) is 11.4 Å². The molecule has 1 heterocycles. The molecule has 0 aliphatic carbocycles. The highest BCUT2D eigenvalue weighted by Crippen LogP contribution is 2.28. The highest BCUT2D eigenvalue weighted by Gasteiger charge is 2.08. The number of hydrogen-bond donors (Lipinski definition) is 0. The van der Waals surface area contributed by atoms with Gasteiger partial charge in [-0.2, -0.15) is 0 Å². The highest BCUT2D eigenvalue weighted by molar-refractivity contribution is 9.10. The normalized spacial score (nSPS) is 10.7. The summed E-state index contributed by atoms with van der Waals surface area (Å²) >= 11 is 5.20. The zero-order valence-corrected chi connectivity index (χ0v) is 12.9. The van der Waals surface area contributed by atoms with Crippen molar-refractivity contribution in [2.45, 2.75) is 17.8 Å². The molecule has 96 valence electrons. The van der Waals surface area contributed by atoms with E-state index in [0.717, 1.165) is 27.0 Å². The maximum Gasteiger partial charge on any atom is 0.191 e. The predicted octanol–water partition coefficient (Wildman–Crippen LogP) is 3.19. The Labute approximate surface area is 119 Å². The van der Waals surface area contributed by atoms with Crippen LogP contribution in [0.15, 0.2) is 27.8 Å². The van der Waals surface area contributed by atoms with Crippen molar-refractivity contribution in [3.63, 3.8) is 0 Å². The minimum atomic E-state index is 0.823. The summed E-state index contributed by atoms with van der Waals surface area (Å²) < 4.78 is 8.29. The maximum absolute atomic E-state index is 5.23. The summed E-state index contributed by atoms with van der Waals surface area (Å²) in [5.41, 5.74) is 1.18. The van der Waals surface area contributed by atoms with Crippen LogP contribution >= 0.6 is 27.7 Å². The average molecular weight is 328 g/mol. The molecule has 0 unspecified atom stereocenters. The van der Waals surface area contributed by atoms with Crippen LogP contribution in [0.2, 0.25) is 0 Å². The third-order valence-corrected chi connectivity index (χ3v) is 4.50. The van der Waals surface area contributed by atoms with Crippen LogP contribution in [-0.2, 0) is 12.8 Å². The van der Waals surface area contributed by atoms with E-state index in [4.69, 9.17) is 4.74 Å². The molecular formula is C12H14BrN3OS. The summed E-state index contributed by atoms with van der Waals surface area (Å²) in [7, 11) is 3.64. The van der Waals surface area contributed by atoms with Gasteiger partial charge in [0.05, 0.1) is 7.11 Å². The van der Waals surface area contributed by atoms with Crippen molar-refractivity contribution in [3.8, 4) is 5.75 Å². The number of benzene rings is 1. The number of aromatic nitrogens is 3. The maximum atomic E-state index is 5.23. The van der Waals surface area contributed by atoms with Crippen molar-refractivity contribution in [2.24, 2.45) is 7.05 Å². The molecule has 0 radical (unpaired) electrons. The summed E-state index contributed by atoms with van der Waals surface area (Å²) in [6.07, 6.45) is 0. The molecule has 6 heteroatoms. The second-order valence-corrected chi connectivity index (χ2v) is 5.63. The van der Waals surface area contributed by atoms with E-state index in [1.165, 1.54) is 5.56 Å². The van der Waals surface area contributed by atoms with Crippen molar-refractivity contribution in [1.29, 1.82) is 0 Å². The molecule has 0 aliphatic heterocycles. The molecule has 0 saturated carbocycles. The van der Waals surface area contributed by atoms with E-state index >= 15 is 0 Å². The monoisotopic (exact) mass is 327 g/mol. The van der Waals surface area contributed by atoms with E-state index in [1.54, 1.807) is 18.9 Å². The molecule has 0 saturated heterocycles. The fraction of sp³-hybridized carbons (Fsp3) is 0.333. The third kappa shape index (κ3) is 2.87. The van der Waals surface area contributed by atoms with Crippen LogP contribution < -0.4 is 4.74 Å². The number of methoxy groups -OCH3 is 1.